The number of fused-ring (bicyclic) bond motifs is 2. The largest absolute Gasteiger partial charge is 0.496 e. The van der Waals surface area contributed by atoms with Gasteiger partial charge < -0.3 is 4.74 Å². The molecule has 0 atom stereocenters. The topological polar surface area (TPSA) is 35.0 Å². The van der Waals surface area contributed by atoms with Gasteiger partial charge in [-0.1, -0.05) is 24.3 Å². The van der Waals surface area contributed by atoms with Crippen molar-refractivity contribution in [3.05, 3.63) is 66.5 Å². The summed E-state index contributed by atoms with van der Waals surface area (Å²) in [6.07, 6.45) is 3.69. The Balaban J connectivity index is 2.03. The van der Waals surface area contributed by atoms with E-state index in [9.17, 15) is 0 Å². The van der Waals surface area contributed by atoms with Crippen LogP contribution in [0.4, 0.5) is 0 Å². The number of nitrogens with zero attached hydrogens (tertiary/aromatic N) is 2. The molecule has 0 aliphatic heterocycles. The van der Waals surface area contributed by atoms with Gasteiger partial charge in [0.25, 0.3) is 0 Å². The van der Waals surface area contributed by atoms with Crippen molar-refractivity contribution in [2.45, 2.75) is 6.92 Å². The summed E-state index contributed by atoms with van der Waals surface area (Å²) in [5, 5.41) is 3.38. The van der Waals surface area contributed by atoms with E-state index in [1.54, 1.807) is 7.11 Å². The van der Waals surface area contributed by atoms with Crippen LogP contribution in [0.3, 0.4) is 0 Å². The van der Waals surface area contributed by atoms with E-state index >= 15 is 0 Å². The van der Waals surface area contributed by atoms with Crippen molar-refractivity contribution in [3.63, 3.8) is 0 Å². The monoisotopic (exact) mass is 300 g/mol. The van der Waals surface area contributed by atoms with Crippen LogP contribution in [0.25, 0.3) is 32.9 Å². The molecule has 0 amide bonds. The number of methoxy groups -OCH3 is 1. The number of hydrogen-bond acceptors (Lipinski definition) is 3. The number of ether oxygens (including phenoxy) is 1. The van der Waals surface area contributed by atoms with E-state index in [0.717, 1.165) is 38.9 Å². The van der Waals surface area contributed by atoms with Crippen molar-refractivity contribution in [3.8, 4) is 17.0 Å². The van der Waals surface area contributed by atoms with Gasteiger partial charge in [0.05, 0.1) is 18.3 Å². The second kappa shape index (κ2) is 5.36. The zero-order chi connectivity index (χ0) is 15.8. The molecule has 0 unspecified atom stereocenters. The second-order valence-electron chi connectivity index (χ2n) is 5.57. The molecule has 4 rings (SSSR count). The van der Waals surface area contributed by atoms with E-state index in [0.29, 0.717) is 0 Å². The molecule has 0 N–H and O–H groups in total. The molecule has 0 aliphatic carbocycles. The Labute approximate surface area is 134 Å². The Hall–Kier alpha value is -2.94. The van der Waals surface area contributed by atoms with E-state index in [1.807, 2.05) is 36.7 Å². The highest BCUT2D eigenvalue weighted by molar-refractivity contribution is 5.93. The maximum Gasteiger partial charge on any atom is 0.128 e. The Bertz CT molecular complexity index is 1020. The molecule has 4 aromatic rings. The van der Waals surface area contributed by atoms with E-state index in [-0.39, 0.29) is 0 Å². The van der Waals surface area contributed by atoms with Gasteiger partial charge in [0, 0.05) is 28.9 Å². The predicted molar refractivity (Wildman–Crippen MR) is 93.8 cm³/mol. The number of hydrogen-bond donors (Lipinski definition) is 0. The van der Waals surface area contributed by atoms with Crippen molar-refractivity contribution < 1.29 is 4.74 Å². The SMILES string of the molecule is COc1cc2ccccc2cc1-c1ncc2cccnc2c1C. The molecule has 2 heterocycles. The van der Waals surface area contributed by atoms with Crippen LogP contribution < -0.4 is 4.74 Å². The first-order chi connectivity index (χ1) is 11.3. The fraction of sp³-hybridized carbons (Fsp3) is 0.100. The Kier molecular flexibility index (Phi) is 3.19. The lowest BCUT2D eigenvalue weighted by atomic mass is 9.99. The molecule has 0 saturated carbocycles. The van der Waals surface area contributed by atoms with Crippen molar-refractivity contribution in [1.82, 2.24) is 9.97 Å². The number of rotatable bonds is 2. The van der Waals surface area contributed by atoms with Crippen LogP contribution >= 0.6 is 0 Å². The maximum absolute atomic E-state index is 5.61. The van der Waals surface area contributed by atoms with Crippen LogP contribution in [0.5, 0.6) is 5.75 Å². The first-order valence-corrected chi connectivity index (χ1v) is 7.55. The lowest BCUT2D eigenvalue weighted by molar-refractivity contribution is 0.417. The van der Waals surface area contributed by atoms with Crippen LogP contribution in [0.2, 0.25) is 0 Å². The van der Waals surface area contributed by atoms with E-state index in [1.165, 1.54) is 5.39 Å². The minimum atomic E-state index is 0.828. The molecule has 0 bridgehead atoms. The molecule has 112 valence electrons. The minimum Gasteiger partial charge on any atom is -0.496 e. The van der Waals surface area contributed by atoms with Gasteiger partial charge in [-0.05, 0) is 42.0 Å². The molecule has 2 aromatic heterocycles. The predicted octanol–water partition coefficient (Wildman–Crippen LogP) is 4.77. The average Bonchev–Trinajstić information content (AvgIpc) is 2.61. The molecule has 3 heteroatoms. The highest BCUT2D eigenvalue weighted by Gasteiger charge is 2.14. The first kappa shape index (κ1) is 13.7. The van der Waals surface area contributed by atoms with Crippen LogP contribution in [0.15, 0.2) is 60.9 Å². The van der Waals surface area contributed by atoms with Crippen molar-refractivity contribution in [1.29, 1.82) is 0 Å². The van der Waals surface area contributed by atoms with Gasteiger partial charge in [0.1, 0.15) is 5.75 Å². The average molecular weight is 300 g/mol. The molecule has 0 saturated heterocycles. The summed E-state index contributed by atoms with van der Waals surface area (Å²) in [5.74, 6) is 0.828. The van der Waals surface area contributed by atoms with Gasteiger partial charge in [-0.25, -0.2) is 0 Å². The minimum absolute atomic E-state index is 0.828. The molecule has 3 nitrogen and oxygen atoms in total. The molecular formula is C20H16N2O. The van der Waals surface area contributed by atoms with E-state index in [4.69, 9.17) is 4.74 Å². The fourth-order valence-electron chi connectivity index (χ4n) is 3.02. The molecular weight excluding hydrogens is 284 g/mol. The van der Waals surface area contributed by atoms with Crippen molar-refractivity contribution in [2.75, 3.05) is 7.11 Å². The third-order valence-electron chi connectivity index (χ3n) is 4.21. The molecule has 0 radical (unpaired) electrons. The summed E-state index contributed by atoms with van der Waals surface area (Å²) in [4.78, 5) is 9.18. The second-order valence-corrected chi connectivity index (χ2v) is 5.57. The highest BCUT2D eigenvalue weighted by atomic mass is 16.5. The summed E-state index contributed by atoms with van der Waals surface area (Å²) in [7, 11) is 1.70. The Morgan fingerprint density at radius 1 is 0.870 bits per heavy atom. The van der Waals surface area contributed by atoms with Crippen LogP contribution in [0.1, 0.15) is 5.56 Å². The summed E-state index contributed by atoms with van der Waals surface area (Å²) < 4.78 is 5.61. The number of benzene rings is 2. The van der Waals surface area contributed by atoms with Gasteiger partial charge in [0.2, 0.25) is 0 Å². The van der Waals surface area contributed by atoms with Gasteiger partial charge >= 0.3 is 0 Å². The van der Waals surface area contributed by atoms with Gasteiger partial charge in [-0.3, -0.25) is 9.97 Å². The van der Waals surface area contributed by atoms with Crippen molar-refractivity contribution >= 4 is 21.7 Å². The van der Waals surface area contributed by atoms with E-state index in [2.05, 4.69) is 41.2 Å². The number of pyridine rings is 2. The van der Waals surface area contributed by atoms with Crippen LogP contribution in [-0.4, -0.2) is 17.1 Å². The lowest BCUT2D eigenvalue weighted by Gasteiger charge is -2.13. The maximum atomic E-state index is 5.61. The lowest BCUT2D eigenvalue weighted by Crippen LogP contribution is -1.95. The third kappa shape index (κ3) is 2.21. The molecule has 0 spiro atoms. The first-order valence-electron chi connectivity index (χ1n) is 7.55. The summed E-state index contributed by atoms with van der Waals surface area (Å²) in [6, 6.07) is 16.4. The molecule has 0 aliphatic rings. The number of aryl methyl sites for hydroxylation is 1. The number of aromatic nitrogens is 2. The van der Waals surface area contributed by atoms with Crippen molar-refractivity contribution in [2.24, 2.45) is 0 Å². The van der Waals surface area contributed by atoms with Gasteiger partial charge in [-0.15, -0.1) is 0 Å². The van der Waals surface area contributed by atoms with E-state index < -0.39 is 0 Å². The molecule has 23 heavy (non-hydrogen) atoms. The quantitative estimate of drug-likeness (QED) is 0.535. The molecule has 2 aromatic carbocycles. The molecule has 0 fully saturated rings. The summed E-state index contributed by atoms with van der Waals surface area (Å²) >= 11 is 0. The highest BCUT2D eigenvalue weighted by Crippen LogP contribution is 2.36. The fourth-order valence-corrected chi connectivity index (χ4v) is 3.02. The summed E-state index contributed by atoms with van der Waals surface area (Å²) in [5.41, 5.74) is 3.96. The zero-order valence-electron chi connectivity index (χ0n) is 13.1. The van der Waals surface area contributed by atoms with Crippen LogP contribution in [-0.2, 0) is 0 Å². The smallest absolute Gasteiger partial charge is 0.128 e. The Morgan fingerprint density at radius 2 is 1.61 bits per heavy atom. The zero-order valence-corrected chi connectivity index (χ0v) is 13.1. The summed E-state index contributed by atoms with van der Waals surface area (Å²) in [6.45, 7) is 2.06. The van der Waals surface area contributed by atoms with Crippen LogP contribution in [0, 0.1) is 6.92 Å². The Morgan fingerprint density at radius 3 is 2.39 bits per heavy atom. The van der Waals surface area contributed by atoms with Gasteiger partial charge in [0.15, 0.2) is 0 Å². The standard InChI is InChI=1S/C20H16N2O/c1-13-19-16(8-5-9-21-19)12-22-20(13)17-10-14-6-3-4-7-15(14)11-18(17)23-2/h3-12H,1-2H3. The third-order valence-corrected chi connectivity index (χ3v) is 4.21. The normalized spacial score (nSPS) is 11.0. The van der Waals surface area contributed by atoms with Gasteiger partial charge in [-0.2, -0.15) is 0 Å².